The summed E-state index contributed by atoms with van der Waals surface area (Å²) in [6.45, 7) is 7.28. The number of aromatic nitrogens is 1. The molecule has 9 heteroatoms. The summed E-state index contributed by atoms with van der Waals surface area (Å²) in [5, 5.41) is 9.89. The Hall–Kier alpha value is -3.80. The lowest BCUT2D eigenvalue weighted by Crippen LogP contribution is -2.54. The Balaban J connectivity index is 1.65. The lowest BCUT2D eigenvalue weighted by molar-refractivity contribution is -0.137. The molecule has 0 N–H and O–H groups in total. The molecule has 1 aliphatic heterocycles. The Kier molecular flexibility index (Phi) is 6.57. The van der Waals surface area contributed by atoms with Crippen LogP contribution in [0.25, 0.3) is 11.1 Å². The Labute approximate surface area is 201 Å². The predicted octanol–water partition coefficient (Wildman–Crippen LogP) is 5.71. The van der Waals surface area contributed by atoms with Crippen molar-refractivity contribution < 1.29 is 22.4 Å². The number of anilines is 1. The van der Waals surface area contributed by atoms with E-state index in [0.717, 1.165) is 12.1 Å². The smallest absolute Gasteiger partial charge is 0.416 e. The third-order valence-electron chi connectivity index (χ3n) is 6.18. The van der Waals surface area contributed by atoms with Gasteiger partial charge in [-0.15, -0.1) is 0 Å². The van der Waals surface area contributed by atoms with Gasteiger partial charge in [-0.1, -0.05) is 26.0 Å². The van der Waals surface area contributed by atoms with E-state index in [-0.39, 0.29) is 17.9 Å². The summed E-state index contributed by atoms with van der Waals surface area (Å²) in [4.78, 5) is 21.4. The molecule has 0 radical (unpaired) electrons. The molecule has 35 heavy (non-hydrogen) atoms. The number of carbonyl (C=O) groups is 1. The van der Waals surface area contributed by atoms with Crippen LogP contribution in [0.4, 0.5) is 19.0 Å². The van der Waals surface area contributed by atoms with E-state index in [0.29, 0.717) is 53.4 Å². The molecule has 0 saturated carbocycles. The first-order chi connectivity index (χ1) is 16.6. The minimum absolute atomic E-state index is 0.0276. The second-order valence-corrected chi connectivity index (χ2v) is 8.94. The lowest BCUT2D eigenvalue weighted by atomic mass is 9.95. The zero-order valence-electron chi connectivity index (χ0n) is 19.6. The summed E-state index contributed by atoms with van der Waals surface area (Å²) >= 11 is 0. The summed E-state index contributed by atoms with van der Waals surface area (Å²) in [5.74, 6) is 0.383. The first-order valence-electron chi connectivity index (χ1n) is 11.3. The highest BCUT2D eigenvalue weighted by atomic mass is 19.4. The summed E-state index contributed by atoms with van der Waals surface area (Å²) in [7, 11) is 0. The van der Waals surface area contributed by atoms with E-state index in [1.54, 1.807) is 17.0 Å². The van der Waals surface area contributed by atoms with Crippen LogP contribution >= 0.6 is 0 Å². The van der Waals surface area contributed by atoms with Crippen molar-refractivity contribution in [3.05, 3.63) is 71.3 Å². The molecular weight excluding hydrogens is 457 g/mol. The van der Waals surface area contributed by atoms with Crippen LogP contribution in [-0.2, 0) is 6.18 Å². The number of halogens is 3. The SMILES string of the molecule is CC(C)c1nc(N2CCN(C(=O)c3ccoc3)[C@H](C)C2)c(C#N)cc1-c1ccc(C(F)(F)F)cc1. The van der Waals surface area contributed by atoms with Gasteiger partial charge in [0.15, 0.2) is 0 Å². The standard InChI is InChI=1S/C26H25F3N4O2/c1-16(2)23-22(18-4-6-21(7-5-18)26(27,28)29)12-20(13-30)24(31-23)32-9-10-33(17(3)14-32)25(34)19-8-11-35-15-19/h4-8,11-12,15-17H,9-10,14H2,1-3H3/t17-/m1/s1. The molecule has 0 spiro atoms. The van der Waals surface area contributed by atoms with Gasteiger partial charge in [0.2, 0.25) is 0 Å². The highest BCUT2D eigenvalue weighted by molar-refractivity contribution is 5.94. The molecule has 2 aromatic heterocycles. The van der Waals surface area contributed by atoms with Gasteiger partial charge in [0, 0.05) is 31.2 Å². The molecule has 0 unspecified atom stereocenters. The van der Waals surface area contributed by atoms with E-state index < -0.39 is 11.7 Å². The molecule has 6 nitrogen and oxygen atoms in total. The summed E-state index contributed by atoms with van der Waals surface area (Å²) in [5.41, 5.74) is 2.00. The molecule has 0 aliphatic carbocycles. The van der Waals surface area contributed by atoms with Crippen molar-refractivity contribution in [2.75, 3.05) is 24.5 Å². The van der Waals surface area contributed by atoms with E-state index in [2.05, 4.69) is 6.07 Å². The Morgan fingerprint density at radius 1 is 1.20 bits per heavy atom. The molecule has 3 heterocycles. The molecular formula is C26H25F3N4O2. The number of rotatable bonds is 4. The zero-order chi connectivity index (χ0) is 25.3. The van der Waals surface area contributed by atoms with E-state index in [9.17, 15) is 23.2 Å². The average Bonchev–Trinajstić information content (AvgIpc) is 3.37. The van der Waals surface area contributed by atoms with Crippen LogP contribution in [0.15, 0.2) is 53.3 Å². The van der Waals surface area contributed by atoms with Gasteiger partial charge in [0.05, 0.1) is 28.6 Å². The summed E-state index contributed by atoms with van der Waals surface area (Å²) < 4.78 is 44.0. The zero-order valence-corrected chi connectivity index (χ0v) is 19.6. The fraction of sp³-hybridized carbons (Fsp3) is 0.346. The minimum Gasteiger partial charge on any atom is -0.472 e. The first kappa shape index (κ1) is 24.3. The molecule has 1 aliphatic rings. The van der Waals surface area contributed by atoms with Gasteiger partial charge in [-0.25, -0.2) is 4.98 Å². The van der Waals surface area contributed by atoms with Gasteiger partial charge in [0.25, 0.3) is 5.91 Å². The van der Waals surface area contributed by atoms with Crippen LogP contribution in [0.2, 0.25) is 0 Å². The molecule has 1 saturated heterocycles. The van der Waals surface area contributed by atoms with E-state index >= 15 is 0 Å². The van der Waals surface area contributed by atoms with E-state index in [1.165, 1.54) is 24.7 Å². The van der Waals surface area contributed by atoms with Crippen molar-refractivity contribution in [2.45, 2.75) is 38.9 Å². The fourth-order valence-corrected chi connectivity index (χ4v) is 4.35. The maximum absolute atomic E-state index is 13.0. The second-order valence-electron chi connectivity index (χ2n) is 8.94. The van der Waals surface area contributed by atoms with Crippen LogP contribution in [0.1, 0.15) is 53.9 Å². The van der Waals surface area contributed by atoms with Crippen molar-refractivity contribution in [3.8, 4) is 17.2 Å². The Bertz CT molecular complexity index is 1250. The number of hydrogen-bond donors (Lipinski definition) is 0. The van der Waals surface area contributed by atoms with E-state index in [1.807, 2.05) is 25.7 Å². The molecule has 1 aromatic carbocycles. The van der Waals surface area contributed by atoms with Crippen LogP contribution in [-0.4, -0.2) is 41.5 Å². The van der Waals surface area contributed by atoms with Crippen LogP contribution < -0.4 is 4.90 Å². The normalized spacial score (nSPS) is 16.5. The van der Waals surface area contributed by atoms with E-state index in [4.69, 9.17) is 9.40 Å². The summed E-state index contributed by atoms with van der Waals surface area (Å²) in [6.07, 6.45) is -1.54. The quantitative estimate of drug-likeness (QED) is 0.477. The van der Waals surface area contributed by atoms with Crippen molar-refractivity contribution in [1.29, 1.82) is 5.26 Å². The molecule has 1 fully saturated rings. The van der Waals surface area contributed by atoms with Crippen molar-refractivity contribution >= 4 is 11.7 Å². The predicted molar refractivity (Wildman–Crippen MR) is 125 cm³/mol. The number of furan rings is 1. The molecule has 3 aromatic rings. The lowest BCUT2D eigenvalue weighted by Gasteiger charge is -2.40. The highest BCUT2D eigenvalue weighted by Crippen LogP contribution is 2.35. The van der Waals surface area contributed by atoms with Crippen molar-refractivity contribution in [2.24, 2.45) is 0 Å². The average molecular weight is 483 g/mol. The third kappa shape index (κ3) is 4.87. The van der Waals surface area contributed by atoms with Gasteiger partial charge in [0.1, 0.15) is 18.2 Å². The minimum atomic E-state index is -4.42. The number of hydrogen-bond acceptors (Lipinski definition) is 5. The first-order valence-corrected chi connectivity index (χ1v) is 11.3. The van der Waals surface area contributed by atoms with Gasteiger partial charge in [-0.05, 0) is 42.7 Å². The monoisotopic (exact) mass is 482 g/mol. The molecule has 182 valence electrons. The van der Waals surface area contributed by atoms with Gasteiger partial charge in [-0.2, -0.15) is 18.4 Å². The number of pyridine rings is 1. The molecule has 0 bridgehead atoms. The molecule has 1 amide bonds. The molecule has 4 rings (SSSR count). The fourth-order valence-electron chi connectivity index (χ4n) is 4.35. The summed E-state index contributed by atoms with van der Waals surface area (Å²) in [6, 6.07) is 10.3. The Morgan fingerprint density at radius 3 is 2.46 bits per heavy atom. The number of nitriles is 1. The largest absolute Gasteiger partial charge is 0.472 e. The van der Waals surface area contributed by atoms with Crippen molar-refractivity contribution in [3.63, 3.8) is 0 Å². The van der Waals surface area contributed by atoms with Crippen molar-refractivity contribution in [1.82, 2.24) is 9.88 Å². The van der Waals surface area contributed by atoms with Gasteiger partial charge < -0.3 is 14.2 Å². The van der Waals surface area contributed by atoms with Gasteiger partial charge >= 0.3 is 6.18 Å². The third-order valence-corrected chi connectivity index (χ3v) is 6.18. The number of nitrogens with zero attached hydrogens (tertiary/aromatic N) is 4. The van der Waals surface area contributed by atoms with Crippen LogP contribution in [0.5, 0.6) is 0 Å². The highest BCUT2D eigenvalue weighted by Gasteiger charge is 2.32. The number of piperazine rings is 1. The topological polar surface area (TPSA) is 73.4 Å². The number of carbonyl (C=O) groups excluding carboxylic acids is 1. The Morgan fingerprint density at radius 2 is 1.91 bits per heavy atom. The number of amides is 1. The van der Waals surface area contributed by atoms with Crippen LogP contribution in [0.3, 0.4) is 0 Å². The molecule has 1 atom stereocenters. The second kappa shape index (κ2) is 9.45. The maximum Gasteiger partial charge on any atom is 0.416 e. The maximum atomic E-state index is 13.0. The number of benzene rings is 1. The van der Waals surface area contributed by atoms with Gasteiger partial charge in [-0.3, -0.25) is 4.79 Å². The number of alkyl halides is 3. The van der Waals surface area contributed by atoms with Crippen LogP contribution in [0, 0.1) is 11.3 Å².